The van der Waals surface area contributed by atoms with Gasteiger partial charge in [0.2, 0.25) is 5.91 Å². The molecule has 5 nitrogen and oxygen atoms in total. The lowest BCUT2D eigenvalue weighted by Gasteiger charge is -2.35. The number of nitrogens with zero attached hydrogens (tertiary/aromatic N) is 1. The summed E-state index contributed by atoms with van der Waals surface area (Å²) in [6, 6.07) is 10.2. The first-order valence-corrected chi connectivity index (χ1v) is 9.29. The Morgan fingerprint density at radius 2 is 1.81 bits per heavy atom. The van der Waals surface area contributed by atoms with Gasteiger partial charge in [0.25, 0.3) is 0 Å². The molecule has 0 bridgehead atoms. The maximum Gasteiger partial charge on any atom is 0.238 e. The van der Waals surface area contributed by atoms with E-state index in [1.165, 1.54) is 22.3 Å². The van der Waals surface area contributed by atoms with E-state index in [1.54, 1.807) is 14.2 Å². The molecule has 5 heteroatoms. The fourth-order valence-corrected chi connectivity index (χ4v) is 3.62. The molecule has 0 saturated carbocycles. The van der Waals surface area contributed by atoms with Crippen LogP contribution in [0, 0.1) is 13.8 Å². The zero-order valence-electron chi connectivity index (χ0n) is 16.8. The highest BCUT2D eigenvalue weighted by Crippen LogP contribution is 2.37. The Morgan fingerprint density at radius 1 is 1.11 bits per heavy atom. The Morgan fingerprint density at radius 3 is 2.48 bits per heavy atom. The van der Waals surface area contributed by atoms with Gasteiger partial charge in [0, 0.05) is 18.3 Å². The normalized spacial score (nSPS) is 16.6. The zero-order chi connectivity index (χ0) is 19.6. The van der Waals surface area contributed by atoms with Gasteiger partial charge in [-0.25, -0.2) is 0 Å². The van der Waals surface area contributed by atoms with E-state index in [0.717, 1.165) is 30.2 Å². The summed E-state index contributed by atoms with van der Waals surface area (Å²) in [6.07, 6.45) is 0.886. The lowest BCUT2D eigenvalue weighted by molar-refractivity contribution is -0.117. The van der Waals surface area contributed by atoms with E-state index in [2.05, 4.69) is 37.1 Å². The molecule has 1 heterocycles. The van der Waals surface area contributed by atoms with Crippen molar-refractivity contribution in [3.8, 4) is 11.5 Å². The van der Waals surface area contributed by atoms with Gasteiger partial charge in [0.05, 0.1) is 20.8 Å². The van der Waals surface area contributed by atoms with Gasteiger partial charge in [0.15, 0.2) is 11.5 Å². The highest BCUT2D eigenvalue weighted by atomic mass is 16.5. The molecule has 3 rings (SSSR count). The van der Waals surface area contributed by atoms with Crippen molar-refractivity contribution in [3.63, 3.8) is 0 Å². The second kappa shape index (κ2) is 8.01. The average molecular weight is 368 g/mol. The SMILES string of the molecule is COc1cc2c(cc1OC)[C@@H](C)N(CC(=O)Nc1ccc(C)c(C)c1)CC2. The predicted molar refractivity (Wildman–Crippen MR) is 108 cm³/mol. The number of rotatable bonds is 5. The molecule has 1 N–H and O–H groups in total. The Balaban J connectivity index is 1.71. The van der Waals surface area contributed by atoms with Gasteiger partial charge in [-0.2, -0.15) is 0 Å². The van der Waals surface area contributed by atoms with E-state index < -0.39 is 0 Å². The summed E-state index contributed by atoms with van der Waals surface area (Å²) >= 11 is 0. The quantitative estimate of drug-likeness (QED) is 0.870. The fourth-order valence-electron chi connectivity index (χ4n) is 3.62. The minimum atomic E-state index is 0.00836. The average Bonchev–Trinajstić information content (AvgIpc) is 2.66. The molecule has 1 aliphatic rings. The van der Waals surface area contributed by atoms with Crippen LogP contribution in [0.5, 0.6) is 11.5 Å². The monoisotopic (exact) mass is 368 g/mol. The Hall–Kier alpha value is -2.53. The second-order valence-electron chi connectivity index (χ2n) is 7.15. The number of benzene rings is 2. The summed E-state index contributed by atoms with van der Waals surface area (Å²) in [7, 11) is 3.30. The van der Waals surface area contributed by atoms with Crippen molar-refractivity contribution in [2.24, 2.45) is 0 Å². The number of amides is 1. The highest BCUT2D eigenvalue weighted by Gasteiger charge is 2.27. The lowest BCUT2D eigenvalue weighted by atomic mass is 9.93. The summed E-state index contributed by atoms with van der Waals surface area (Å²) in [4.78, 5) is 14.8. The number of aryl methyl sites for hydroxylation is 2. The van der Waals surface area contributed by atoms with Crippen molar-refractivity contribution in [2.75, 3.05) is 32.6 Å². The van der Waals surface area contributed by atoms with Crippen molar-refractivity contribution < 1.29 is 14.3 Å². The Bertz CT molecular complexity index is 848. The molecule has 0 fully saturated rings. The molecule has 1 amide bonds. The summed E-state index contributed by atoms with van der Waals surface area (Å²) in [5, 5.41) is 3.02. The molecule has 2 aromatic carbocycles. The molecular formula is C22H28N2O3. The smallest absolute Gasteiger partial charge is 0.238 e. The number of carbonyl (C=O) groups is 1. The molecule has 27 heavy (non-hydrogen) atoms. The number of methoxy groups -OCH3 is 2. The van der Waals surface area contributed by atoms with Crippen LogP contribution >= 0.6 is 0 Å². The number of anilines is 1. The van der Waals surface area contributed by atoms with Gasteiger partial charge >= 0.3 is 0 Å². The van der Waals surface area contributed by atoms with Crippen LogP contribution in [0.4, 0.5) is 5.69 Å². The molecular weight excluding hydrogens is 340 g/mol. The third kappa shape index (κ3) is 4.08. The summed E-state index contributed by atoms with van der Waals surface area (Å²) in [5.41, 5.74) is 5.69. The molecule has 1 atom stereocenters. The molecule has 0 spiro atoms. The second-order valence-corrected chi connectivity index (χ2v) is 7.15. The van der Waals surface area contributed by atoms with E-state index in [0.29, 0.717) is 6.54 Å². The van der Waals surface area contributed by atoms with Crippen molar-refractivity contribution in [2.45, 2.75) is 33.2 Å². The molecule has 144 valence electrons. The van der Waals surface area contributed by atoms with E-state index in [9.17, 15) is 4.79 Å². The van der Waals surface area contributed by atoms with Crippen LogP contribution < -0.4 is 14.8 Å². The van der Waals surface area contributed by atoms with Crippen LogP contribution in [0.1, 0.15) is 35.2 Å². The first-order chi connectivity index (χ1) is 12.9. The predicted octanol–water partition coefficient (Wildman–Crippen LogP) is 3.88. The zero-order valence-corrected chi connectivity index (χ0v) is 16.8. The third-order valence-corrected chi connectivity index (χ3v) is 5.45. The number of fused-ring (bicyclic) bond motifs is 1. The molecule has 0 unspecified atom stereocenters. The minimum absolute atomic E-state index is 0.00836. The van der Waals surface area contributed by atoms with Crippen molar-refractivity contribution in [1.82, 2.24) is 4.90 Å². The van der Waals surface area contributed by atoms with Crippen LogP contribution in [0.2, 0.25) is 0 Å². The van der Waals surface area contributed by atoms with Crippen LogP contribution in [-0.2, 0) is 11.2 Å². The van der Waals surface area contributed by atoms with Gasteiger partial charge < -0.3 is 14.8 Å². The van der Waals surface area contributed by atoms with Crippen LogP contribution in [0.25, 0.3) is 0 Å². The lowest BCUT2D eigenvalue weighted by Crippen LogP contribution is -2.39. The maximum atomic E-state index is 12.6. The Labute approximate surface area is 161 Å². The first kappa shape index (κ1) is 19.2. The first-order valence-electron chi connectivity index (χ1n) is 9.29. The molecule has 0 saturated heterocycles. The molecule has 1 aliphatic heterocycles. The fraction of sp³-hybridized carbons (Fsp3) is 0.409. The molecule has 2 aromatic rings. The molecule has 0 aromatic heterocycles. The van der Waals surface area contributed by atoms with Crippen molar-refractivity contribution in [1.29, 1.82) is 0 Å². The third-order valence-electron chi connectivity index (χ3n) is 5.45. The van der Waals surface area contributed by atoms with E-state index in [4.69, 9.17) is 9.47 Å². The number of ether oxygens (including phenoxy) is 2. The summed E-state index contributed by atoms with van der Waals surface area (Å²) < 4.78 is 10.9. The largest absolute Gasteiger partial charge is 0.493 e. The Kier molecular flexibility index (Phi) is 5.71. The van der Waals surface area contributed by atoms with Gasteiger partial charge in [0.1, 0.15) is 0 Å². The number of hydrogen-bond acceptors (Lipinski definition) is 4. The van der Waals surface area contributed by atoms with Crippen LogP contribution in [-0.4, -0.2) is 38.1 Å². The topological polar surface area (TPSA) is 50.8 Å². The summed E-state index contributed by atoms with van der Waals surface area (Å²) in [6.45, 7) is 7.45. The van der Waals surface area contributed by atoms with Crippen LogP contribution in [0.3, 0.4) is 0 Å². The number of nitrogens with one attached hydrogen (secondary N) is 1. The van der Waals surface area contributed by atoms with Gasteiger partial charge in [-0.3, -0.25) is 9.69 Å². The van der Waals surface area contributed by atoms with Crippen molar-refractivity contribution in [3.05, 3.63) is 52.6 Å². The minimum Gasteiger partial charge on any atom is -0.493 e. The van der Waals surface area contributed by atoms with E-state index >= 15 is 0 Å². The molecule has 0 aliphatic carbocycles. The molecule has 0 radical (unpaired) electrons. The number of carbonyl (C=O) groups excluding carboxylic acids is 1. The van der Waals surface area contributed by atoms with Crippen molar-refractivity contribution >= 4 is 11.6 Å². The van der Waals surface area contributed by atoms with Crippen LogP contribution in [0.15, 0.2) is 30.3 Å². The number of hydrogen-bond donors (Lipinski definition) is 1. The standard InChI is InChI=1S/C22H28N2O3/c1-14-6-7-18(10-15(14)2)23-22(25)13-24-9-8-17-11-20(26-4)21(27-5)12-19(17)16(24)3/h6-7,10-12,16H,8-9,13H2,1-5H3,(H,23,25)/t16-/m1/s1. The summed E-state index contributed by atoms with van der Waals surface area (Å²) in [5.74, 6) is 1.49. The highest BCUT2D eigenvalue weighted by molar-refractivity contribution is 5.92. The van der Waals surface area contributed by atoms with Gasteiger partial charge in [-0.15, -0.1) is 0 Å². The van der Waals surface area contributed by atoms with E-state index in [-0.39, 0.29) is 11.9 Å². The van der Waals surface area contributed by atoms with Gasteiger partial charge in [-0.05, 0) is 73.7 Å². The maximum absolute atomic E-state index is 12.6. The van der Waals surface area contributed by atoms with E-state index in [1.807, 2.05) is 24.3 Å². The van der Waals surface area contributed by atoms with Gasteiger partial charge in [-0.1, -0.05) is 6.07 Å².